The van der Waals surface area contributed by atoms with Gasteiger partial charge in [0.05, 0.1) is 28.9 Å². The van der Waals surface area contributed by atoms with Gasteiger partial charge < -0.3 is 10.3 Å². The number of likely N-dealkylation sites (tertiary alicyclic amines) is 1. The molecule has 2 aromatic rings. The number of fused-ring (bicyclic) bond motifs is 2. The van der Waals surface area contributed by atoms with Crippen LogP contribution < -0.4 is 5.32 Å². The van der Waals surface area contributed by atoms with E-state index < -0.39 is 0 Å². The number of imidazole rings is 1. The maximum Gasteiger partial charge on any atom is 0.233 e. The molecule has 2 heterocycles. The zero-order valence-electron chi connectivity index (χ0n) is 17.7. The van der Waals surface area contributed by atoms with Crippen molar-refractivity contribution in [3.63, 3.8) is 0 Å². The van der Waals surface area contributed by atoms with E-state index in [1.165, 1.54) is 4.90 Å². The fourth-order valence-electron chi connectivity index (χ4n) is 4.78. The smallest absolute Gasteiger partial charge is 0.233 e. The first-order valence-electron chi connectivity index (χ1n) is 11.0. The predicted octanol–water partition coefficient (Wildman–Crippen LogP) is 3.33. The zero-order chi connectivity index (χ0) is 21.3. The molecular formula is C23H30N4O3. The minimum atomic E-state index is -0.238. The molecule has 1 saturated heterocycles. The number of hydrogen-bond donors (Lipinski definition) is 2. The van der Waals surface area contributed by atoms with Crippen LogP contribution in [-0.4, -0.2) is 39.1 Å². The molecule has 2 N–H and O–H groups in total. The van der Waals surface area contributed by atoms with E-state index in [-0.39, 0.29) is 48.6 Å². The van der Waals surface area contributed by atoms with Crippen LogP contribution in [0, 0.1) is 17.8 Å². The van der Waals surface area contributed by atoms with Crippen molar-refractivity contribution in [3.8, 4) is 0 Å². The number of carbonyl (C=O) groups is 3. The van der Waals surface area contributed by atoms with E-state index in [1.807, 2.05) is 24.3 Å². The number of hydrogen-bond acceptors (Lipinski definition) is 4. The van der Waals surface area contributed by atoms with Crippen molar-refractivity contribution >= 4 is 28.8 Å². The Hall–Kier alpha value is -2.70. The summed E-state index contributed by atoms with van der Waals surface area (Å²) in [4.78, 5) is 47.2. The molecule has 0 bridgehead atoms. The highest BCUT2D eigenvalue weighted by Gasteiger charge is 2.47. The van der Waals surface area contributed by atoms with Crippen molar-refractivity contribution in [2.45, 2.75) is 58.4 Å². The summed E-state index contributed by atoms with van der Waals surface area (Å²) in [7, 11) is 0. The van der Waals surface area contributed by atoms with Gasteiger partial charge in [-0.1, -0.05) is 38.8 Å². The first-order valence-corrected chi connectivity index (χ1v) is 11.0. The number of rotatable bonds is 7. The number of aromatic amines is 1. The summed E-state index contributed by atoms with van der Waals surface area (Å²) >= 11 is 0. The Morgan fingerprint density at radius 2 is 1.83 bits per heavy atom. The molecule has 1 aliphatic carbocycles. The number of imide groups is 1. The summed E-state index contributed by atoms with van der Waals surface area (Å²) < 4.78 is 0. The molecule has 4 rings (SSSR count). The van der Waals surface area contributed by atoms with Gasteiger partial charge in [-0.2, -0.15) is 0 Å². The molecule has 3 atom stereocenters. The fourth-order valence-corrected chi connectivity index (χ4v) is 4.78. The van der Waals surface area contributed by atoms with E-state index in [9.17, 15) is 14.4 Å². The van der Waals surface area contributed by atoms with Crippen LogP contribution >= 0.6 is 0 Å². The third kappa shape index (κ3) is 4.11. The first-order chi connectivity index (χ1) is 14.4. The van der Waals surface area contributed by atoms with E-state index in [0.29, 0.717) is 5.92 Å². The summed E-state index contributed by atoms with van der Waals surface area (Å²) in [5.74, 6) is 0.418. The quantitative estimate of drug-likeness (QED) is 0.685. The predicted molar refractivity (Wildman–Crippen MR) is 113 cm³/mol. The average Bonchev–Trinajstić information content (AvgIpc) is 3.26. The topological polar surface area (TPSA) is 95.2 Å². The Labute approximate surface area is 176 Å². The molecule has 0 spiro atoms. The van der Waals surface area contributed by atoms with Crippen LogP contribution in [0.4, 0.5) is 0 Å². The molecule has 160 valence electrons. The number of benzene rings is 1. The molecule has 2 fully saturated rings. The van der Waals surface area contributed by atoms with Crippen LogP contribution in [0.25, 0.3) is 11.0 Å². The molecule has 7 heteroatoms. The lowest BCUT2D eigenvalue weighted by Crippen LogP contribution is -2.37. The summed E-state index contributed by atoms with van der Waals surface area (Å²) in [5, 5.41) is 3.06. The minimum Gasteiger partial charge on any atom is -0.346 e. The summed E-state index contributed by atoms with van der Waals surface area (Å²) in [6, 6.07) is 7.54. The maximum atomic E-state index is 12.7. The number of aromatic nitrogens is 2. The van der Waals surface area contributed by atoms with E-state index in [0.717, 1.165) is 49.0 Å². The largest absolute Gasteiger partial charge is 0.346 e. The van der Waals surface area contributed by atoms with Crippen molar-refractivity contribution < 1.29 is 14.4 Å². The molecule has 1 aromatic carbocycles. The van der Waals surface area contributed by atoms with Gasteiger partial charge >= 0.3 is 0 Å². The average molecular weight is 411 g/mol. The molecule has 7 nitrogen and oxygen atoms in total. The molecule has 0 radical (unpaired) electrons. The Morgan fingerprint density at radius 1 is 1.17 bits per heavy atom. The lowest BCUT2D eigenvalue weighted by atomic mass is 9.81. The number of H-pyrrole nitrogens is 1. The Kier molecular flexibility index (Phi) is 5.88. The second kappa shape index (κ2) is 8.58. The number of amides is 3. The molecule has 30 heavy (non-hydrogen) atoms. The van der Waals surface area contributed by atoms with E-state index in [2.05, 4.69) is 29.1 Å². The van der Waals surface area contributed by atoms with Gasteiger partial charge in [0, 0.05) is 13.0 Å². The zero-order valence-corrected chi connectivity index (χ0v) is 17.7. The lowest BCUT2D eigenvalue weighted by Gasteiger charge is -2.20. The number of nitrogens with one attached hydrogen (secondary N) is 2. The van der Waals surface area contributed by atoms with Gasteiger partial charge in [0.15, 0.2) is 0 Å². The second-order valence-corrected chi connectivity index (χ2v) is 8.96. The van der Waals surface area contributed by atoms with Crippen LogP contribution in [-0.2, 0) is 14.4 Å². The SMILES string of the molecule is CC(C)CC(NC(=O)CCN1C(=O)C2CCCCC2C1=O)c1nc2ccccc2[nH]1. The Morgan fingerprint density at radius 3 is 2.47 bits per heavy atom. The molecular weight excluding hydrogens is 380 g/mol. The van der Waals surface area contributed by atoms with Crippen LogP contribution in [0.5, 0.6) is 0 Å². The van der Waals surface area contributed by atoms with E-state index in [4.69, 9.17) is 0 Å². The monoisotopic (exact) mass is 410 g/mol. The van der Waals surface area contributed by atoms with Gasteiger partial charge in [0.1, 0.15) is 5.82 Å². The number of carbonyl (C=O) groups excluding carboxylic acids is 3. The van der Waals surface area contributed by atoms with Gasteiger partial charge in [0.2, 0.25) is 17.7 Å². The van der Waals surface area contributed by atoms with Gasteiger partial charge in [-0.05, 0) is 37.3 Å². The van der Waals surface area contributed by atoms with E-state index in [1.54, 1.807) is 0 Å². The standard InChI is InChI=1S/C23H30N4O3/c1-14(2)13-19(21-25-17-9-5-6-10-18(17)26-21)24-20(28)11-12-27-22(29)15-7-3-4-8-16(15)23(27)30/h5-6,9-10,14-16,19H,3-4,7-8,11-13H2,1-2H3,(H,24,28)(H,25,26). The van der Waals surface area contributed by atoms with Gasteiger partial charge in [-0.15, -0.1) is 0 Å². The van der Waals surface area contributed by atoms with Crippen molar-refractivity contribution in [2.24, 2.45) is 17.8 Å². The molecule has 3 unspecified atom stereocenters. The maximum absolute atomic E-state index is 12.7. The highest BCUT2D eigenvalue weighted by atomic mass is 16.2. The highest BCUT2D eigenvalue weighted by Crippen LogP contribution is 2.38. The van der Waals surface area contributed by atoms with Crippen LogP contribution in [0.2, 0.25) is 0 Å². The molecule has 1 aliphatic heterocycles. The second-order valence-electron chi connectivity index (χ2n) is 8.96. The Balaban J connectivity index is 1.40. The summed E-state index contributed by atoms with van der Waals surface area (Å²) in [5.41, 5.74) is 1.80. The van der Waals surface area contributed by atoms with Crippen molar-refractivity contribution in [2.75, 3.05) is 6.54 Å². The van der Waals surface area contributed by atoms with Crippen molar-refractivity contribution in [1.82, 2.24) is 20.2 Å². The van der Waals surface area contributed by atoms with Gasteiger partial charge in [-0.25, -0.2) is 4.98 Å². The van der Waals surface area contributed by atoms with Crippen molar-refractivity contribution in [1.29, 1.82) is 0 Å². The van der Waals surface area contributed by atoms with Crippen LogP contribution in [0.1, 0.15) is 64.2 Å². The molecule has 3 amide bonds. The van der Waals surface area contributed by atoms with Crippen LogP contribution in [0.15, 0.2) is 24.3 Å². The number of para-hydroxylation sites is 2. The Bertz CT molecular complexity index is 894. The fraction of sp³-hybridized carbons (Fsp3) is 0.565. The molecule has 2 aliphatic rings. The summed E-state index contributed by atoms with van der Waals surface area (Å²) in [6.45, 7) is 4.36. The number of nitrogens with zero attached hydrogens (tertiary/aromatic N) is 2. The summed E-state index contributed by atoms with van der Waals surface area (Å²) in [6.07, 6.45) is 4.45. The van der Waals surface area contributed by atoms with Crippen molar-refractivity contribution in [3.05, 3.63) is 30.1 Å². The van der Waals surface area contributed by atoms with Crippen LogP contribution in [0.3, 0.4) is 0 Å². The molecule has 1 saturated carbocycles. The third-order valence-corrected chi connectivity index (χ3v) is 6.27. The van der Waals surface area contributed by atoms with E-state index >= 15 is 0 Å². The lowest BCUT2D eigenvalue weighted by molar-refractivity contribution is -0.140. The third-order valence-electron chi connectivity index (χ3n) is 6.27. The van der Waals surface area contributed by atoms with Gasteiger partial charge in [0.25, 0.3) is 0 Å². The minimum absolute atomic E-state index is 0.0893. The first kappa shape index (κ1) is 20.6. The highest BCUT2D eigenvalue weighted by molar-refractivity contribution is 6.05. The van der Waals surface area contributed by atoms with Gasteiger partial charge in [-0.3, -0.25) is 19.3 Å². The normalized spacial score (nSPS) is 22.6. The molecule has 1 aromatic heterocycles.